The molecular weight excluding hydrogens is 384 g/mol. The number of piperazine rings is 1. The highest BCUT2D eigenvalue weighted by Crippen LogP contribution is 2.29. The number of pyridine rings is 1. The molecule has 0 atom stereocenters. The number of aromatic nitrogens is 4. The van der Waals surface area contributed by atoms with Crippen LogP contribution in [0.15, 0.2) is 36.8 Å². The molecule has 0 aromatic carbocycles. The Bertz CT molecular complexity index is 1050. The largest absolute Gasteiger partial charge is 0.494 e. The number of ether oxygens (including phenoxy) is 2. The van der Waals surface area contributed by atoms with Gasteiger partial charge in [-0.05, 0) is 39.0 Å². The molecule has 30 heavy (non-hydrogen) atoms. The van der Waals surface area contributed by atoms with Gasteiger partial charge in [0.2, 0.25) is 0 Å². The van der Waals surface area contributed by atoms with Crippen LogP contribution in [0.4, 0.5) is 10.6 Å². The maximum atomic E-state index is 12.3. The van der Waals surface area contributed by atoms with E-state index in [9.17, 15) is 4.79 Å². The van der Waals surface area contributed by atoms with Crippen molar-refractivity contribution in [1.82, 2.24) is 24.5 Å². The molecule has 9 heteroatoms. The van der Waals surface area contributed by atoms with Crippen LogP contribution in [-0.2, 0) is 4.74 Å². The van der Waals surface area contributed by atoms with Crippen molar-refractivity contribution in [2.45, 2.75) is 26.4 Å². The molecule has 3 aromatic heterocycles. The quantitative estimate of drug-likeness (QED) is 0.656. The first-order chi connectivity index (χ1) is 14.4. The van der Waals surface area contributed by atoms with Gasteiger partial charge in [-0.1, -0.05) is 0 Å². The second-order valence-corrected chi connectivity index (χ2v) is 8.14. The maximum absolute atomic E-state index is 12.3. The zero-order valence-electron chi connectivity index (χ0n) is 17.7. The first kappa shape index (κ1) is 19.9. The van der Waals surface area contributed by atoms with Crippen LogP contribution in [0.25, 0.3) is 16.9 Å². The van der Waals surface area contributed by atoms with Crippen LogP contribution in [0.3, 0.4) is 0 Å². The summed E-state index contributed by atoms with van der Waals surface area (Å²) in [4.78, 5) is 24.8. The Morgan fingerprint density at radius 1 is 1.07 bits per heavy atom. The van der Waals surface area contributed by atoms with Crippen LogP contribution < -0.4 is 9.64 Å². The standard InChI is InChI=1S/C21H26N6O3/c1-21(2,3)30-20(28)26-11-9-25(10-12-26)19-6-5-18-23-13-16(27(18)24-19)15-7-8-22-14-17(15)29-4/h5-8,13-14H,9-12H2,1-4H3. The highest BCUT2D eigenvalue weighted by atomic mass is 16.6. The number of fused-ring (bicyclic) bond motifs is 1. The van der Waals surface area contributed by atoms with Gasteiger partial charge in [-0.2, -0.15) is 0 Å². The second kappa shape index (κ2) is 7.81. The van der Waals surface area contributed by atoms with Crippen LogP contribution in [0.5, 0.6) is 5.75 Å². The van der Waals surface area contributed by atoms with E-state index in [1.807, 2.05) is 43.5 Å². The predicted molar refractivity (Wildman–Crippen MR) is 113 cm³/mol. The molecular formula is C21H26N6O3. The molecule has 1 aliphatic rings. The lowest BCUT2D eigenvalue weighted by atomic mass is 10.2. The number of amides is 1. The summed E-state index contributed by atoms with van der Waals surface area (Å²) in [6.07, 6.45) is 4.91. The Hall–Kier alpha value is -3.36. The van der Waals surface area contributed by atoms with Crippen molar-refractivity contribution < 1.29 is 14.3 Å². The molecule has 0 saturated carbocycles. The minimum Gasteiger partial charge on any atom is -0.494 e. The van der Waals surface area contributed by atoms with E-state index in [1.165, 1.54) is 0 Å². The summed E-state index contributed by atoms with van der Waals surface area (Å²) in [6, 6.07) is 5.79. The van der Waals surface area contributed by atoms with Crippen LogP contribution in [0.2, 0.25) is 0 Å². The molecule has 1 fully saturated rings. The van der Waals surface area contributed by atoms with E-state index >= 15 is 0 Å². The zero-order chi connectivity index (χ0) is 21.3. The molecule has 9 nitrogen and oxygen atoms in total. The first-order valence-electron chi connectivity index (χ1n) is 9.92. The number of rotatable bonds is 3. The third kappa shape index (κ3) is 4.00. The number of carbonyl (C=O) groups excluding carboxylic acids is 1. The molecule has 0 bridgehead atoms. The fourth-order valence-electron chi connectivity index (χ4n) is 3.41. The van der Waals surface area contributed by atoms with Crippen molar-refractivity contribution in [3.63, 3.8) is 0 Å². The van der Waals surface area contributed by atoms with E-state index in [1.54, 1.807) is 30.6 Å². The average molecular weight is 410 g/mol. The molecule has 4 heterocycles. The van der Waals surface area contributed by atoms with Crippen molar-refractivity contribution >= 4 is 17.6 Å². The third-order valence-corrected chi connectivity index (χ3v) is 4.88. The van der Waals surface area contributed by atoms with Crippen LogP contribution in [-0.4, -0.2) is 69.5 Å². The Labute approximate surface area is 175 Å². The number of hydrogen-bond donors (Lipinski definition) is 0. The monoisotopic (exact) mass is 410 g/mol. The van der Waals surface area contributed by atoms with E-state index in [0.717, 1.165) is 22.7 Å². The van der Waals surface area contributed by atoms with Crippen LogP contribution >= 0.6 is 0 Å². The Morgan fingerprint density at radius 3 is 2.53 bits per heavy atom. The van der Waals surface area contributed by atoms with Crippen LogP contribution in [0.1, 0.15) is 20.8 Å². The van der Waals surface area contributed by atoms with Crippen molar-refractivity contribution in [1.29, 1.82) is 0 Å². The molecule has 158 valence electrons. The minimum absolute atomic E-state index is 0.271. The van der Waals surface area contributed by atoms with Crippen molar-refractivity contribution in [2.75, 3.05) is 38.2 Å². The van der Waals surface area contributed by atoms with Gasteiger partial charge in [-0.25, -0.2) is 14.3 Å². The fourth-order valence-corrected chi connectivity index (χ4v) is 3.41. The van der Waals surface area contributed by atoms with Gasteiger partial charge in [-0.15, -0.1) is 5.10 Å². The minimum atomic E-state index is -0.493. The molecule has 1 aliphatic heterocycles. The van der Waals surface area contributed by atoms with Gasteiger partial charge in [0.15, 0.2) is 5.65 Å². The third-order valence-electron chi connectivity index (χ3n) is 4.88. The summed E-state index contributed by atoms with van der Waals surface area (Å²) in [5.74, 6) is 1.50. The molecule has 0 N–H and O–H groups in total. The summed E-state index contributed by atoms with van der Waals surface area (Å²) in [5.41, 5.74) is 1.96. The zero-order valence-corrected chi connectivity index (χ0v) is 17.7. The van der Waals surface area contributed by atoms with Gasteiger partial charge in [-0.3, -0.25) is 4.98 Å². The Morgan fingerprint density at radius 2 is 1.83 bits per heavy atom. The molecule has 0 aliphatic carbocycles. The van der Waals surface area contributed by atoms with Gasteiger partial charge >= 0.3 is 6.09 Å². The number of imidazole rings is 1. The lowest BCUT2D eigenvalue weighted by Crippen LogP contribution is -2.50. The SMILES string of the molecule is COc1cnccc1-c1cnc2ccc(N3CCN(C(=O)OC(C)(C)C)CC3)nn12. The number of carbonyl (C=O) groups is 1. The topological polar surface area (TPSA) is 85.1 Å². The lowest BCUT2D eigenvalue weighted by Gasteiger charge is -2.36. The summed E-state index contributed by atoms with van der Waals surface area (Å²) >= 11 is 0. The molecule has 1 saturated heterocycles. The number of anilines is 1. The van der Waals surface area contributed by atoms with E-state index < -0.39 is 5.60 Å². The Balaban J connectivity index is 1.54. The molecule has 0 radical (unpaired) electrons. The first-order valence-corrected chi connectivity index (χ1v) is 9.92. The smallest absolute Gasteiger partial charge is 0.410 e. The summed E-state index contributed by atoms with van der Waals surface area (Å²) < 4.78 is 12.7. The van der Waals surface area contributed by atoms with Crippen LogP contribution in [0, 0.1) is 0 Å². The summed E-state index contributed by atoms with van der Waals surface area (Å²) in [6.45, 7) is 8.16. The van der Waals surface area contributed by atoms with Gasteiger partial charge < -0.3 is 19.3 Å². The normalized spacial score (nSPS) is 14.8. The average Bonchev–Trinajstić information content (AvgIpc) is 3.15. The maximum Gasteiger partial charge on any atom is 0.410 e. The van der Waals surface area contributed by atoms with Gasteiger partial charge in [0, 0.05) is 37.9 Å². The van der Waals surface area contributed by atoms with Crippen molar-refractivity contribution in [3.05, 3.63) is 36.8 Å². The summed E-state index contributed by atoms with van der Waals surface area (Å²) in [7, 11) is 1.62. The second-order valence-electron chi connectivity index (χ2n) is 8.14. The van der Waals surface area contributed by atoms with Crippen molar-refractivity contribution in [2.24, 2.45) is 0 Å². The van der Waals surface area contributed by atoms with E-state index in [2.05, 4.69) is 14.9 Å². The number of nitrogens with zero attached hydrogens (tertiary/aromatic N) is 6. The van der Waals surface area contributed by atoms with Gasteiger partial charge in [0.25, 0.3) is 0 Å². The van der Waals surface area contributed by atoms with E-state index in [4.69, 9.17) is 14.6 Å². The van der Waals surface area contributed by atoms with Crippen molar-refractivity contribution in [3.8, 4) is 17.0 Å². The molecule has 0 unspecified atom stereocenters. The fraction of sp³-hybridized carbons (Fsp3) is 0.429. The molecule has 4 rings (SSSR count). The van der Waals surface area contributed by atoms with E-state index in [0.29, 0.717) is 31.9 Å². The highest BCUT2D eigenvalue weighted by Gasteiger charge is 2.26. The van der Waals surface area contributed by atoms with Gasteiger partial charge in [0.05, 0.1) is 25.2 Å². The predicted octanol–water partition coefficient (Wildman–Crippen LogP) is 2.86. The Kier molecular flexibility index (Phi) is 5.19. The molecule has 1 amide bonds. The molecule has 3 aromatic rings. The number of methoxy groups -OCH3 is 1. The number of hydrogen-bond acceptors (Lipinski definition) is 7. The molecule has 0 spiro atoms. The highest BCUT2D eigenvalue weighted by molar-refractivity contribution is 5.70. The van der Waals surface area contributed by atoms with Gasteiger partial charge in [0.1, 0.15) is 17.2 Å². The summed E-state index contributed by atoms with van der Waals surface area (Å²) in [5, 5.41) is 4.81. The van der Waals surface area contributed by atoms with E-state index in [-0.39, 0.29) is 6.09 Å². The lowest BCUT2D eigenvalue weighted by molar-refractivity contribution is 0.0240.